The number of fused-ring (bicyclic) bond motifs is 1. The number of carbonyl (C=O) groups is 1. The fourth-order valence-corrected chi connectivity index (χ4v) is 3.43. The summed E-state index contributed by atoms with van der Waals surface area (Å²) in [6.45, 7) is 18.2. The normalized spacial score (nSPS) is 17.1. The van der Waals surface area contributed by atoms with E-state index in [0.717, 1.165) is 6.54 Å². The van der Waals surface area contributed by atoms with Gasteiger partial charge in [-0.05, 0) is 84.6 Å². The molecule has 3 rings (SSSR count). The van der Waals surface area contributed by atoms with Gasteiger partial charge in [0.1, 0.15) is 5.60 Å². The van der Waals surface area contributed by atoms with E-state index in [2.05, 4.69) is 66.5 Å². The molecule has 0 spiro atoms. The van der Waals surface area contributed by atoms with Crippen molar-refractivity contribution in [2.45, 2.75) is 84.9 Å². The Kier molecular flexibility index (Phi) is 15.5. The smallest absolute Gasteiger partial charge is 0.547 e. The molecule has 6 heteroatoms. The van der Waals surface area contributed by atoms with Gasteiger partial charge < -0.3 is 19.5 Å². The van der Waals surface area contributed by atoms with Crippen LogP contribution in [0.1, 0.15) is 71.9 Å². The van der Waals surface area contributed by atoms with Crippen LogP contribution in [0.15, 0.2) is 24.3 Å². The van der Waals surface area contributed by atoms with E-state index in [9.17, 15) is 9.90 Å². The first-order chi connectivity index (χ1) is 14.0. The van der Waals surface area contributed by atoms with Crippen molar-refractivity contribution in [1.82, 2.24) is 9.80 Å². The number of piperidine rings is 1. The van der Waals surface area contributed by atoms with Crippen LogP contribution >= 0.6 is 0 Å². The van der Waals surface area contributed by atoms with Gasteiger partial charge >= 0.3 is 58.2 Å². The van der Waals surface area contributed by atoms with Crippen LogP contribution in [-0.2, 0) is 22.5 Å². The average Bonchev–Trinajstić information content (AvgIpc) is 2.74. The van der Waals surface area contributed by atoms with Crippen molar-refractivity contribution in [3.63, 3.8) is 0 Å². The topological polar surface area (TPSA) is 55.8 Å². The predicted molar refractivity (Wildman–Crippen MR) is 122 cm³/mol. The van der Waals surface area contributed by atoms with Crippen molar-refractivity contribution in [3.05, 3.63) is 35.4 Å². The van der Waals surface area contributed by atoms with Gasteiger partial charge in [-0.3, -0.25) is 4.90 Å². The summed E-state index contributed by atoms with van der Waals surface area (Å²) < 4.78 is 4.54. The maximum absolute atomic E-state index is 10.0. The molecule has 0 saturated carbocycles. The summed E-state index contributed by atoms with van der Waals surface area (Å²) in [7, 11) is 1.33. The van der Waals surface area contributed by atoms with Crippen LogP contribution in [0.25, 0.3) is 0 Å². The Balaban J connectivity index is 0.000000460. The Morgan fingerprint density at radius 2 is 1.55 bits per heavy atom. The maximum Gasteiger partial charge on any atom is 1.00 e. The first-order valence-corrected chi connectivity index (χ1v) is 11.3. The summed E-state index contributed by atoms with van der Waals surface area (Å²) >= 11 is 0. The molecular formula is C25H43N2O3Rb. The molecule has 0 unspecified atom stereocenters. The Bertz CT molecular complexity index is 638. The Morgan fingerprint density at radius 3 is 1.94 bits per heavy atom. The Morgan fingerprint density at radius 1 is 1.00 bits per heavy atom. The Labute approximate surface area is 239 Å². The molecule has 0 amide bonds. The van der Waals surface area contributed by atoms with Crippen molar-refractivity contribution in [1.29, 1.82) is 0 Å². The number of hydrogen-bond donors (Lipinski definition) is 0. The van der Waals surface area contributed by atoms with Crippen molar-refractivity contribution >= 4 is 5.97 Å². The van der Waals surface area contributed by atoms with Gasteiger partial charge in [0.25, 0.3) is 0 Å². The van der Waals surface area contributed by atoms with Crippen molar-refractivity contribution in [2.75, 3.05) is 33.3 Å². The molecule has 1 aromatic carbocycles. The van der Waals surface area contributed by atoms with E-state index in [1.807, 2.05) is 0 Å². The zero-order valence-electron chi connectivity index (χ0n) is 21.3. The average molecular weight is 505 g/mol. The first-order valence-electron chi connectivity index (χ1n) is 11.3. The number of hydrogen-bond acceptors (Lipinski definition) is 5. The van der Waals surface area contributed by atoms with E-state index < -0.39 is 11.6 Å². The quantitative estimate of drug-likeness (QED) is 0.600. The number of carboxylic acids is 1. The van der Waals surface area contributed by atoms with E-state index in [0.29, 0.717) is 5.54 Å². The zero-order chi connectivity index (χ0) is 22.8. The van der Waals surface area contributed by atoms with Crippen LogP contribution < -0.4 is 63.3 Å². The third kappa shape index (κ3) is 11.9. The van der Waals surface area contributed by atoms with Gasteiger partial charge in [0.15, 0.2) is 0 Å². The molecule has 2 aliphatic heterocycles. The third-order valence-electron chi connectivity index (χ3n) is 5.98. The maximum atomic E-state index is 10.0. The SMILES string of the molecule is CC(C)(C)N1CCc2ccccc2C1.CCN1CCCCC1.COC(C)(C)C(=O)[O-].[Rb+]. The summed E-state index contributed by atoms with van der Waals surface area (Å²) in [5.74, 6) is -1.19. The fraction of sp³-hybridized carbons (Fsp3) is 0.720. The standard InChI is InChI=1S/C13H19N.C7H15N.C5H10O3.Rb/c1-13(2,3)14-9-8-11-6-4-5-7-12(11)10-14;1-2-8-6-4-3-5-7-8;1-5(2,8-3)4(6)7;/h4-7H,8-10H2,1-3H3;2-7H2,1H3;1-3H3,(H,6,7);/q;;;+1/p-1. The van der Waals surface area contributed by atoms with Gasteiger partial charge in [0.05, 0.1) is 5.97 Å². The van der Waals surface area contributed by atoms with Crippen molar-refractivity contribution in [3.8, 4) is 0 Å². The molecule has 1 aromatic rings. The molecule has 0 aliphatic carbocycles. The predicted octanol–water partition coefficient (Wildman–Crippen LogP) is 0.501. The minimum absolute atomic E-state index is 0. The van der Waals surface area contributed by atoms with Crippen LogP contribution in [-0.4, -0.2) is 60.2 Å². The molecule has 31 heavy (non-hydrogen) atoms. The summed E-state index contributed by atoms with van der Waals surface area (Å²) in [5.41, 5.74) is 2.19. The van der Waals surface area contributed by atoms with E-state index >= 15 is 0 Å². The van der Waals surface area contributed by atoms with Crippen LogP contribution in [0.2, 0.25) is 0 Å². The fourth-order valence-electron chi connectivity index (χ4n) is 3.43. The van der Waals surface area contributed by atoms with Crippen LogP contribution in [0, 0.1) is 0 Å². The minimum Gasteiger partial charge on any atom is -0.547 e. The monoisotopic (exact) mass is 504 g/mol. The molecule has 2 aliphatic rings. The van der Waals surface area contributed by atoms with Gasteiger partial charge in [-0.2, -0.15) is 0 Å². The largest absolute Gasteiger partial charge is 1.00 e. The molecular weight excluding hydrogens is 462 g/mol. The minimum atomic E-state index is -1.19. The van der Waals surface area contributed by atoms with Gasteiger partial charge in [-0.15, -0.1) is 0 Å². The number of aliphatic carboxylic acids is 1. The van der Waals surface area contributed by atoms with Crippen molar-refractivity contribution in [2.24, 2.45) is 0 Å². The summed E-state index contributed by atoms with van der Waals surface area (Å²) in [4.78, 5) is 15.1. The van der Waals surface area contributed by atoms with Gasteiger partial charge in [-0.25, -0.2) is 0 Å². The first kappa shape index (κ1) is 31.4. The molecule has 1 saturated heterocycles. The van der Waals surface area contributed by atoms with Crippen LogP contribution in [0.5, 0.6) is 0 Å². The molecule has 1 fully saturated rings. The number of methoxy groups -OCH3 is 1. The molecule has 0 N–H and O–H groups in total. The van der Waals surface area contributed by atoms with Gasteiger partial charge in [-0.1, -0.05) is 37.6 Å². The summed E-state index contributed by atoms with van der Waals surface area (Å²) in [6.07, 6.45) is 5.51. The van der Waals surface area contributed by atoms with Gasteiger partial charge in [0.2, 0.25) is 0 Å². The number of benzene rings is 1. The van der Waals surface area contributed by atoms with Crippen LogP contribution in [0.4, 0.5) is 0 Å². The number of carbonyl (C=O) groups excluding carboxylic acids is 1. The van der Waals surface area contributed by atoms with Gasteiger partial charge in [0, 0.05) is 25.7 Å². The van der Waals surface area contributed by atoms with E-state index in [1.165, 1.54) is 83.9 Å². The molecule has 2 heterocycles. The number of carboxylic acid groups (broad SMARTS) is 1. The van der Waals surface area contributed by atoms with E-state index in [4.69, 9.17) is 0 Å². The van der Waals surface area contributed by atoms with Crippen LogP contribution in [0.3, 0.4) is 0 Å². The number of likely N-dealkylation sites (tertiary alicyclic amines) is 1. The molecule has 172 valence electrons. The molecule has 0 radical (unpaired) electrons. The third-order valence-corrected chi connectivity index (χ3v) is 5.98. The second-order valence-corrected chi connectivity index (χ2v) is 9.61. The second kappa shape index (κ2) is 15.3. The number of rotatable bonds is 3. The van der Waals surface area contributed by atoms with Crippen molar-refractivity contribution < 1.29 is 72.8 Å². The molecule has 0 aromatic heterocycles. The molecule has 0 bridgehead atoms. The molecule has 0 atom stereocenters. The number of ether oxygens (including phenoxy) is 1. The van der Waals surface area contributed by atoms with E-state index in [-0.39, 0.29) is 58.2 Å². The van der Waals surface area contributed by atoms with E-state index in [1.54, 1.807) is 0 Å². The second-order valence-electron chi connectivity index (χ2n) is 9.61. The Hall–Kier alpha value is 0.375. The summed E-state index contributed by atoms with van der Waals surface area (Å²) in [5, 5.41) is 10.0. The number of nitrogens with zero attached hydrogens (tertiary/aromatic N) is 2. The zero-order valence-corrected chi connectivity index (χ0v) is 26.2. The summed E-state index contributed by atoms with van der Waals surface area (Å²) in [6, 6.07) is 8.80. The molecule has 5 nitrogen and oxygen atoms in total.